The first-order valence-corrected chi connectivity index (χ1v) is 10.7. The summed E-state index contributed by atoms with van der Waals surface area (Å²) in [5.41, 5.74) is 1.15. The Hall–Kier alpha value is -2.87. The first kappa shape index (κ1) is 19.4. The van der Waals surface area contributed by atoms with Crippen LogP contribution in [0.4, 0.5) is 5.69 Å². The Morgan fingerprint density at radius 2 is 1.76 bits per heavy atom. The van der Waals surface area contributed by atoms with E-state index in [2.05, 4.69) is 22.3 Å². The third kappa shape index (κ3) is 4.27. The predicted molar refractivity (Wildman–Crippen MR) is 112 cm³/mol. The minimum absolute atomic E-state index is 0.0221. The third-order valence-electron chi connectivity index (χ3n) is 5.45. The van der Waals surface area contributed by atoms with Crippen molar-refractivity contribution in [3.63, 3.8) is 0 Å². The van der Waals surface area contributed by atoms with Crippen molar-refractivity contribution in [2.75, 3.05) is 44.2 Å². The molecule has 2 fully saturated rings. The molecule has 7 nitrogen and oxygen atoms in total. The zero-order chi connectivity index (χ0) is 20.2. The third-order valence-corrected chi connectivity index (χ3v) is 6.30. The van der Waals surface area contributed by atoms with E-state index in [1.807, 2.05) is 29.6 Å². The fourth-order valence-electron chi connectivity index (χ4n) is 3.85. The van der Waals surface area contributed by atoms with Crippen molar-refractivity contribution in [1.29, 1.82) is 0 Å². The van der Waals surface area contributed by atoms with Crippen LogP contribution in [0.3, 0.4) is 0 Å². The van der Waals surface area contributed by atoms with Crippen molar-refractivity contribution in [3.8, 4) is 0 Å². The Balaban J connectivity index is 1.38. The Kier molecular flexibility index (Phi) is 5.80. The number of piperazine rings is 2. The highest BCUT2D eigenvalue weighted by atomic mass is 32.1. The van der Waals surface area contributed by atoms with Crippen molar-refractivity contribution in [3.05, 3.63) is 52.7 Å². The molecule has 1 N–H and O–H groups in total. The molecule has 29 heavy (non-hydrogen) atoms. The first-order valence-electron chi connectivity index (χ1n) is 9.83. The smallest absolute Gasteiger partial charge is 0.264 e. The van der Waals surface area contributed by atoms with Gasteiger partial charge in [0.05, 0.1) is 11.3 Å². The second-order valence-corrected chi connectivity index (χ2v) is 8.14. The molecule has 4 rings (SSSR count). The lowest BCUT2D eigenvalue weighted by molar-refractivity contribution is -0.138. The molecule has 2 saturated heterocycles. The number of nitrogens with zero attached hydrogens (tertiary/aromatic N) is 3. The maximum Gasteiger partial charge on any atom is 0.264 e. The number of nitrogens with one attached hydrogen (secondary N) is 1. The lowest BCUT2D eigenvalue weighted by Gasteiger charge is -2.38. The number of thiophene rings is 1. The van der Waals surface area contributed by atoms with Gasteiger partial charge in [0, 0.05) is 45.0 Å². The average molecular weight is 413 g/mol. The summed E-state index contributed by atoms with van der Waals surface area (Å²) in [5.74, 6) is -0.511. The SMILES string of the molecule is O=C1NCCN(C(=O)c2cccs2)[C@@H]1CC(=O)N1CCN(c2ccccc2)CC1. The molecule has 3 heterocycles. The zero-order valence-corrected chi connectivity index (χ0v) is 16.9. The van der Waals surface area contributed by atoms with Gasteiger partial charge in [-0.1, -0.05) is 24.3 Å². The van der Waals surface area contributed by atoms with E-state index in [4.69, 9.17) is 0 Å². The zero-order valence-electron chi connectivity index (χ0n) is 16.1. The fraction of sp³-hybridized carbons (Fsp3) is 0.381. The van der Waals surface area contributed by atoms with Crippen molar-refractivity contribution in [2.24, 2.45) is 0 Å². The number of carbonyl (C=O) groups is 3. The largest absolute Gasteiger partial charge is 0.368 e. The summed E-state index contributed by atoms with van der Waals surface area (Å²) in [5, 5.41) is 4.63. The van der Waals surface area contributed by atoms with E-state index in [0.717, 1.165) is 18.8 Å². The van der Waals surface area contributed by atoms with Gasteiger partial charge in [-0.2, -0.15) is 0 Å². The van der Waals surface area contributed by atoms with Crippen LogP contribution in [0.5, 0.6) is 0 Å². The summed E-state index contributed by atoms with van der Waals surface area (Å²) in [6.07, 6.45) is 0.0221. The maximum absolute atomic E-state index is 12.9. The molecule has 0 unspecified atom stereocenters. The van der Waals surface area contributed by atoms with Gasteiger partial charge in [-0.05, 0) is 23.6 Å². The summed E-state index contributed by atoms with van der Waals surface area (Å²) in [6, 6.07) is 13.0. The normalized spacial score (nSPS) is 19.8. The Morgan fingerprint density at radius 1 is 1.00 bits per heavy atom. The molecule has 0 saturated carbocycles. The molecule has 0 aliphatic carbocycles. The van der Waals surface area contributed by atoms with E-state index >= 15 is 0 Å². The van der Waals surface area contributed by atoms with E-state index in [-0.39, 0.29) is 24.1 Å². The van der Waals surface area contributed by atoms with Gasteiger partial charge in [0.25, 0.3) is 5.91 Å². The molecule has 1 atom stereocenters. The number of para-hydroxylation sites is 1. The van der Waals surface area contributed by atoms with Crippen LogP contribution in [0, 0.1) is 0 Å². The summed E-state index contributed by atoms with van der Waals surface area (Å²) in [7, 11) is 0. The second kappa shape index (κ2) is 8.65. The molecule has 8 heteroatoms. The standard InChI is InChI=1S/C21H24N4O3S/c26-19(24-12-10-23(11-13-24)16-5-2-1-3-6-16)15-17-20(27)22-8-9-25(17)21(28)18-7-4-14-29-18/h1-7,14,17H,8-13,15H2,(H,22,27)/t17-/m1/s1. The number of benzene rings is 1. The van der Waals surface area contributed by atoms with Gasteiger partial charge in [0.1, 0.15) is 6.04 Å². The van der Waals surface area contributed by atoms with Gasteiger partial charge in [0.15, 0.2) is 0 Å². The van der Waals surface area contributed by atoms with Gasteiger partial charge in [-0.3, -0.25) is 14.4 Å². The van der Waals surface area contributed by atoms with E-state index in [1.54, 1.807) is 15.9 Å². The van der Waals surface area contributed by atoms with Crippen molar-refractivity contribution >= 4 is 34.7 Å². The number of rotatable bonds is 4. The molecule has 152 valence electrons. The second-order valence-electron chi connectivity index (χ2n) is 7.19. The Bertz CT molecular complexity index is 863. The van der Waals surface area contributed by atoms with Crippen molar-refractivity contribution < 1.29 is 14.4 Å². The topological polar surface area (TPSA) is 73.0 Å². The lowest BCUT2D eigenvalue weighted by atomic mass is 10.1. The van der Waals surface area contributed by atoms with Crippen LogP contribution in [0.25, 0.3) is 0 Å². The number of carbonyl (C=O) groups excluding carboxylic acids is 3. The Labute approximate surface area is 173 Å². The molecule has 1 aromatic heterocycles. The van der Waals surface area contributed by atoms with E-state index in [0.29, 0.717) is 31.1 Å². The summed E-state index contributed by atoms with van der Waals surface area (Å²) >= 11 is 1.35. The van der Waals surface area contributed by atoms with E-state index in [9.17, 15) is 14.4 Å². The highest BCUT2D eigenvalue weighted by molar-refractivity contribution is 7.12. The van der Waals surface area contributed by atoms with Crippen LogP contribution in [0.1, 0.15) is 16.1 Å². The van der Waals surface area contributed by atoms with Gasteiger partial charge in [0.2, 0.25) is 11.8 Å². The lowest BCUT2D eigenvalue weighted by Crippen LogP contribution is -2.59. The number of anilines is 1. The molecule has 2 aromatic rings. The van der Waals surface area contributed by atoms with Crippen LogP contribution >= 0.6 is 11.3 Å². The molecule has 2 aliphatic heterocycles. The van der Waals surface area contributed by atoms with Crippen molar-refractivity contribution in [2.45, 2.75) is 12.5 Å². The van der Waals surface area contributed by atoms with E-state index in [1.165, 1.54) is 11.3 Å². The van der Waals surface area contributed by atoms with E-state index < -0.39 is 6.04 Å². The van der Waals surface area contributed by atoms with Crippen LogP contribution in [0.2, 0.25) is 0 Å². The minimum Gasteiger partial charge on any atom is -0.368 e. The molecule has 0 spiro atoms. The quantitative estimate of drug-likeness (QED) is 0.825. The predicted octanol–water partition coefficient (Wildman–Crippen LogP) is 1.43. The van der Waals surface area contributed by atoms with Gasteiger partial charge < -0.3 is 20.0 Å². The van der Waals surface area contributed by atoms with Crippen LogP contribution < -0.4 is 10.2 Å². The van der Waals surface area contributed by atoms with Gasteiger partial charge in [-0.15, -0.1) is 11.3 Å². The van der Waals surface area contributed by atoms with Crippen LogP contribution in [-0.4, -0.2) is 72.8 Å². The van der Waals surface area contributed by atoms with Gasteiger partial charge in [-0.25, -0.2) is 0 Å². The molecule has 2 aliphatic rings. The molecule has 0 radical (unpaired) electrons. The molecular weight excluding hydrogens is 388 g/mol. The molecule has 1 aromatic carbocycles. The highest BCUT2D eigenvalue weighted by Gasteiger charge is 2.36. The number of amides is 3. The first-order chi connectivity index (χ1) is 14.1. The molecule has 3 amide bonds. The van der Waals surface area contributed by atoms with Crippen LogP contribution in [-0.2, 0) is 9.59 Å². The Morgan fingerprint density at radius 3 is 2.45 bits per heavy atom. The molecule has 0 bridgehead atoms. The highest BCUT2D eigenvalue weighted by Crippen LogP contribution is 2.20. The maximum atomic E-state index is 12.9. The van der Waals surface area contributed by atoms with Gasteiger partial charge >= 0.3 is 0 Å². The van der Waals surface area contributed by atoms with Crippen molar-refractivity contribution in [1.82, 2.24) is 15.1 Å². The summed E-state index contributed by atoms with van der Waals surface area (Å²) < 4.78 is 0. The monoisotopic (exact) mass is 412 g/mol. The van der Waals surface area contributed by atoms with Crippen LogP contribution in [0.15, 0.2) is 47.8 Å². The average Bonchev–Trinajstić information content (AvgIpc) is 3.30. The molecular formula is C21H24N4O3S. The fourth-order valence-corrected chi connectivity index (χ4v) is 4.53. The minimum atomic E-state index is -0.752. The summed E-state index contributed by atoms with van der Waals surface area (Å²) in [4.78, 5) is 44.3. The summed E-state index contributed by atoms with van der Waals surface area (Å²) in [6.45, 7) is 3.56. The number of hydrogen-bond acceptors (Lipinski definition) is 5. The number of hydrogen-bond donors (Lipinski definition) is 1.